The van der Waals surface area contributed by atoms with Crippen LogP contribution in [0.1, 0.15) is 57.9 Å². The topological polar surface area (TPSA) is 95.9 Å². The molecule has 170 valence electrons. The van der Waals surface area contributed by atoms with Crippen LogP contribution in [-0.4, -0.2) is 58.6 Å². The number of hydrogen-bond donors (Lipinski definition) is 2. The minimum absolute atomic E-state index is 0.0167. The summed E-state index contributed by atoms with van der Waals surface area (Å²) in [6.07, 6.45) is 5.62. The van der Waals surface area contributed by atoms with Crippen LogP contribution >= 0.6 is 0 Å². The van der Waals surface area contributed by atoms with Crippen molar-refractivity contribution >= 4 is 17.8 Å². The molecular formula is C24H34N2O5. The number of nitrogens with one attached hydrogen (secondary N) is 1. The predicted molar refractivity (Wildman–Crippen MR) is 116 cm³/mol. The highest BCUT2D eigenvalue weighted by atomic mass is 16.5. The molecule has 2 fully saturated rings. The molecule has 0 spiro atoms. The van der Waals surface area contributed by atoms with Crippen LogP contribution in [0.3, 0.4) is 0 Å². The molecule has 2 N–H and O–H groups in total. The van der Waals surface area contributed by atoms with Crippen LogP contribution in [0.4, 0.5) is 0 Å². The van der Waals surface area contributed by atoms with Gasteiger partial charge in [0.05, 0.1) is 12.6 Å². The van der Waals surface area contributed by atoms with Crippen LogP contribution in [0.2, 0.25) is 0 Å². The zero-order valence-corrected chi connectivity index (χ0v) is 18.5. The maximum Gasteiger partial charge on any atom is 0.326 e. The summed E-state index contributed by atoms with van der Waals surface area (Å²) in [6, 6.07) is 7.75. The van der Waals surface area contributed by atoms with Gasteiger partial charge in [0.25, 0.3) is 0 Å². The molecule has 2 aliphatic rings. The van der Waals surface area contributed by atoms with Crippen LogP contribution in [0.15, 0.2) is 30.3 Å². The molecule has 1 heterocycles. The molecule has 1 aromatic rings. The van der Waals surface area contributed by atoms with Crippen LogP contribution in [-0.2, 0) is 25.5 Å². The zero-order chi connectivity index (χ0) is 22.4. The summed E-state index contributed by atoms with van der Waals surface area (Å²) in [4.78, 5) is 39.3. The first kappa shape index (κ1) is 23.3. The number of nitrogens with zero attached hydrogens (tertiary/aromatic N) is 1. The lowest BCUT2D eigenvalue weighted by Crippen LogP contribution is -2.55. The molecule has 1 aliphatic carbocycles. The first-order valence-corrected chi connectivity index (χ1v) is 11.4. The van der Waals surface area contributed by atoms with Crippen LogP contribution in [0.25, 0.3) is 0 Å². The van der Waals surface area contributed by atoms with Gasteiger partial charge >= 0.3 is 11.9 Å². The third-order valence-corrected chi connectivity index (χ3v) is 6.58. The molecule has 1 aromatic carbocycles. The fraction of sp³-hybridized carbons (Fsp3) is 0.625. The number of esters is 1. The Hall–Kier alpha value is -2.41. The second-order valence-electron chi connectivity index (χ2n) is 8.66. The number of carboxylic acids is 1. The van der Waals surface area contributed by atoms with Crippen LogP contribution in [0.5, 0.6) is 0 Å². The normalized spacial score (nSPS) is 24.8. The molecule has 0 aromatic heterocycles. The standard InChI is InChI=1S/C24H34N2O5/c1-3-31-24(30)19(14-13-17-9-5-4-6-10-17)25-16(2)22(27)26-20-12-8-7-11-18(20)15-21(26)23(28)29/h4-6,9-10,16,18-21,25H,3,7-8,11-15H2,1-2H3,(H,28,29)/t16-,18-,19-,20-,21-/m0/s1. The minimum Gasteiger partial charge on any atom is -0.480 e. The van der Waals surface area contributed by atoms with Crippen LogP contribution < -0.4 is 5.32 Å². The second-order valence-corrected chi connectivity index (χ2v) is 8.66. The Morgan fingerprint density at radius 2 is 1.90 bits per heavy atom. The van der Waals surface area contributed by atoms with E-state index in [0.29, 0.717) is 19.3 Å². The van der Waals surface area contributed by atoms with E-state index in [1.807, 2.05) is 30.3 Å². The first-order valence-electron chi connectivity index (χ1n) is 11.4. The smallest absolute Gasteiger partial charge is 0.326 e. The summed E-state index contributed by atoms with van der Waals surface area (Å²) < 4.78 is 5.22. The van der Waals surface area contributed by atoms with Gasteiger partial charge in [-0.3, -0.25) is 14.9 Å². The number of carboxylic acid groups (broad SMARTS) is 1. The van der Waals surface area contributed by atoms with E-state index in [9.17, 15) is 19.5 Å². The molecule has 1 saturated carbocycles. The number of fused-ring (bicyclic) bond motifs is 1. The lowest BCUT2D eigenvalue weighted by atomic mass is 9.84. The SMILES string of the molecule is CCOC(=O)[C@H](CCc1ccccc1)N[C@@H](C)C(=O)N1[C@H](C(=O)O)C[C@@H]2CCCC[C@@H]21. The molecule has 7 heteroatoms. The molecule has 5 atom stereocenters. The quantitative estimate of drug-likeness (QED) is 0.585. The molecule has 3 rings (SSSR count). The average Bonchev–Trinajstić information content (AvgIpc) is 3.16. The van der Waals surface area contributed by atoms with Crippen molar-refractivity contribution in [2.45, 2.75) is 83.0 Å². The van der Waals surface area contributed by atoms with Gasteiger partial charge in [-0.25, -0.2) is 4.79 Å². The van der Waals surface area contributed by atoms with Gasteiger partial charge in [0.15, 0.2) is 0 Å². The van der Waals surface area contributed by atoms with Crippen molar-refractivity contribution in [1.82, 2.24) is 10.2 Å². The number of amides is 1. The number of ether oxygens (including phenoxy) is 1. The number of aryl methyl sites for hydroxylation is 1. The molecule has 1 saturated heterocycles. The monoisotopic (exact) mass is 430 g/mol. The summed E-state index contributed by atoms with van der Waals surface area (Å²) in [7, 11) is 0. The van der Waals surface area contributed by atoms with E-state index in [1.54, 1.807) is 18.7 Å². The van der Waals surface area contributed by atoms with Gasteiger partial charge in [-0.1, -0.05) is 43.2 Å². The number of carbonyl (C=O) groups excluding carboxylic acids is 2. The Labute approximate surface area is 184 Å². The summed E-state index contributed by atoms with van der Waals surface area (Å²) >= 11 is 0. The van der Waals surface area contributed by atoms with E-state index in [2.05, 4.69) is 5.32 Å². The Bertz CT molecular complexity index is 768. The summed E-state index contributed by atoms with van der Waals surface area (Å²) in [5.41, 5.74) is 1.10. The lowest BCUT2D eigenvalue weighted by Gasteiger charge is -2.35. The highest BCUT2D eigenvalue weighted by molar-refractivity contribution is 5.88. The summed E-state index contributed by atoms with van der Waals surface area (Å²) in [5, 5.41) is 12.9. The number of carbonyl (C=O) groups is 3. The number of benzene rings is 1. The molecule has 1 aliphatic heterocycles. The van der Waals surface area contributed by atoms with Crippen LogP contribution in [0, 0.1) is 5.92 Å². The van der Waals surface area contributed by atoms with Gasteiger partial charge in [-0.2, -0.15) is 0 Å². The molecule has 7 nitrogen and oxygen atoms in total. The van der Waals surface area contributed by atoms with Crippen molar-refractivity contribution in [3.8, 4) is 0 Å². The predicted octanol–water partition coefficient (Wildman–Crippen LogP) is 2.77. The van der Waals surface area contributed by atoms with Gasteiger partial charge in [0.2, 0.25) is 5.91 Å². The highest BCUT2D eigenvalue weighted by Crippen LogP contribution is 2.40. The molecule has 1 amide bonds. The Balaban J connectivity index is 1.70. The third-order valence-electron chi connectivity index (χ3n) is 6.58. The highest BCUT2D eigenvalue weighted by Gasteiger charge is 2.48. The Morgan fingerprint density at radius 1 is 1.19 bits per heavy atom. The molecule has 0 unspecified atom stereocenters. The molecule has 0 radical (unpaired) electrons. The summed E-state index contributed by atoms with van der Waals surface area (Å²) in [5.74, 6) is -1.31. The number of aliphatic carboxylic acids is 1. The molecule has 31 heavy (non-hydrogen) atoms. The Kier molecular flexibility index (Phi) is 8.07. The third kappa shape index (κ3) is 5.64. The van der Waals surface area contributed by atoms with E-state index in [4.69, 9.17) is 4.74 Å². The first-order chi connectivity index (χ1) is 14.9. The minimum atomic E-state index is -0.944. The van der Waals surface area contributed by atoms with E-state index in [1.165, 1.54) is 0 Å². The maximum atomic E-state index is 13.4. The van der Waals surface area contributed by atoms with Gasteiger partial charge in [0, 0.05) is 6.04 Å². The largest absolute Gasteiger partial charge is 0.480 e. The number of hydrogen-bond acceptors (Lipinski definition) is 5. The maximum absolute atomic E-state index is 13.4. The van der Waals surface area contributed by atoms with E-state index in [-0.39, 0.29) is 30.4 Å². The van der Waals surface area contributed by atoms with Crippen molar-refractivity contribution in [3.05, 3.63) is 35.9 Å². The summed E-state index contributed by atoms with van der Waals surface area (Å²) in [6.45, 7) is 3.74. The molecular weight excluding hydrogens is 396 g/mol. The number of likely N-dealkylation sites (tertiary alicyclic amines) is 1. The van der Waals surface area contributed by atoms with E-state index in [0.717, 1.165) is 31.2 Å². The second kappa shape index (κ2) is 10.8. The van der Waals surface area contributed by atoms with Gasteiger partial charge in [0.1, 0.15) is 12.1 Å². The lowest BCUT2D eigenvalue weighted by molar-refractivity contribution is -0.152. The van der Waals surface area contributed by atoms with Gasteiger partial charge < -0.3 is 14.7 Å². The fourth-order valence-corrected chi connectivity index (χ4v) is 5.06. The average molecular weight is 431 g/mol. The van der Waals surface area contributed by atoms with Crippen molar-refractivity contribution in [2.24, 2.45) is 5.92 Å². The van der Waals surface area contributed by atoms with Crippen molar-refractivity contribution in [3.63, 3.8) is 0 Å². The van der Waals surface area contributed by atoms with Gasteiger partial charge in [-0.15, -0.1) is 0 Å². The van der Waals surface area contributed by atoms with Gasteiger partial charge in [-0.05, 0) is 57.4 Å². The van der Waals surface area contributed by atoms with Crippen molar-refractivity contribution in [2.75, 3.05) is 6.61 Å². The van der Waals surface area contributed by atoms with Crippen molar-refractivity contribution in [1.29, 1.82) is 0 Å². The fourth-order valence-electron chi connectivity index (χ4n) is 5.06. The molecule has 0 bridgehead atoms. The number of rotatable bonds is 9. The van der Waals surface area contributed by atoms with E-state index >= 15 is 0 Å². The zero-order valence-electron chi connectivity index (χ0n) is 18.5. The van der Waals surface area contributed by atoms with E-state index < -0.39 is 24.1 Å². The Morgan fingerprint density at radius 3 is 2.58 bits per heavy atom. The van der Waals surface area contributed by atoms with Crippen molar-refractivity contribution < 1.29 is 24.2 Å².